The summed E-state index contributed by atoms with van der Waals surface area (Å²) in [5.74, 6) is 2.50. The minimum atomic E-state index is -0.416. The molecule has 4 unspecified atom stereocenters. The molecule has 4 aromatic rings. The van der Waals surface area contributed by atoms with Crippen molar-refractivity contribution < 1.29 is 9.34 Å². The number of furan rings is 1. The number of thiocarbonyl (C=S) groups is 1. The van der Waals surface area contributed by atoms with Gasteiger partial charge in [0.05, 0.1) is 27.4 Å². The topological polar surface area (TPSA) is 87.7 Å². The SMILES string of the molecule is CC1CC(C)CN(c2ccc(N3C(=S)NC(c4ccccn4)C3c3ccc(-c4ccc([N+](=O)[O-])cc4)o3)cc2Cl)C1. The fraction of sp³-hybridized carbons (Fsp3) is 0.290. The van der Waals surface area contributed by atoms with Crippen LogP contribution in [0.4, 0.5) is 17.1 Å². The number of nitrogens with zero attached hydrogens (tertiary/aromatic N) is 4. The number of benzene rings is 2. The summed E-state index contributed by atoms with van der Waals surface area (Å²) in [6.07, 6.45) is 2.98. The Hall–Kier alpha value is -3.95. The van der Waals surface area contributed by atoms with Crippen molar-refractivity contribution in [1.29, 1.82) is 0 Å². The lowest BCUT2D eigenvalue weighted by Gasteiger charge is -2.37. The van der Waals surface area contributed by atoms with E-state index in [1.54, 1.807) is 18.3 Å². The molecule has 0 spiro atoms. The monoisotopic (exact) mass is 587 g/mol. The maximum absolute atomic E-state index is 11.1. The van der Waals surface area contributed by atoms with Crippen LogP contribution in [0, 0.1) is 22.0 Å². The number of pyridine rings is 1. The van der Waals surface area contributed by atoms with Gasteiger partial charge in [-0.3, -0.25) is 15.1 Å². The van der Waals surface area contributed by atoms with E-state index in [2.05, 4.69) is 41.2 Å². The first-order valence-electron chi connectivity index (χ1n) is 13.7. The second-order valence-corrected chi connectivity index (χ2v) is 11.8. The molecule has 2 saturated heterocycles. The van der Waals surface area contributed by atoms with Crippen molar-refractivity contribution in [3.63, 3.8) is 0 Å². The van der Waals surface area contributed by atoms with E-state index in [1.807, 2.05) is 41.3 Å². The van der Waals surface area contributed by atoms with Gasteiger partial charge in [0, 0.05) is 42.7 Å². The number of nitro benzene ring substituents is 1. The maximum atomic E-state index is 11.1. The van der Waals surface area contributed by atoms with Crippen molar-refractivity contribution in [3.8, 4) is 11.3 Å². The molecular weight excluding hydrogens is 558 g/mol. The molecule has 4 heterocycles. The summed E-state index contributed by atoms with van der Waals surface area (Å²) in [5, 5.41) is 15.8. The quantitative estimate of drug-likeness (QED) is 0.140. The van der Waals surface area contributed by atoms with Gasteiger partial charge in [-0.15, -0.1) is 0 Å². The highest BCUT2D eigenvalue weighted by atomic mass is 35.5. The van der Waals surface area contributed by atoms with Crippen LogP contribution in [-0.2, 0) is 0 Å². The number of piperidine rings is 1. The van der Waals surface area contributed by atoms with E-state index in [0.717, 1.165) is 35.7 Å². The summed E-state index contributed by atoms with van der Waals surface area (Å²) < 4.78 is 6.40. The van der Waals surface area contributed by atoms with Crippen LogP contribution >= 0.6 is 23.8 Å². The second-order valence-electron chi connectivity index (χ2n) is 11.0. The molecule has 41 heavy (non-hydrogen) atoms. The molecular formula is C31H30ClN5O3S. The van der Waals surface area contributed by atoms with Crippen LogP contribution in [0.1, 0.15) is 43.8 Å². The molecule has 0 radical (unpaired) electrons. The summed E-state index contributed by atoms with van der Waals surface area (Å²) in [7, 11) is 0. The Labute approximate surface area is 249 Å². The van der Waals surface area contributed by atoms with Gasteiger partial charge in [-0.05, 0) is 85.1 Å². The van der Waals surface area contributed by atoms with E-state index in [0.29, 0.717) is 33.5 Å². The molecule has 2 fully saturated rings. The van der Waals surface area contributed by atoms with Crippen LogP contribution in [0.3, 0.4) is 0 Å². The summed E-state index contributed by atoms with van der Waals surface area (Å²) in [6.45, 7) is 6.54. The third-order valence-electron chi connectivity index (χ3n) is 7.80. The highest BCUT2D eigenvalue weighted by Crippen LogP contribution is 2.44. The van der Waals surface area contributed by atoms with Crippen LogP contribution in [0.15, 0.2) is 83.4 Å². The molecule has 1 N–H and O–H groups in total. The van der Waals surface area contributed by atoms with Gasteiger partial charge in [-0.1, -0.05) is 31.5 Å². The van der Waals surface area contributed by atoms with Crippen molar-refractivity contribution in [3.05, 3.63) is 106 Å². The third kappa shape index (κ3) is 5.39. The molecule has 10 heteroatoms. The first-order valence-corrected chi connectivity index (χ1v) is 14.5. The molecule has 6 rings (SSSR count). The summed E-state index contributed by atoms with van der Waals surface area (Å²) >= 11 is 12.8. The molecule has 0 bridgehead atoms. The van der Waals surface area contributed by atoms with Crippen molar-refractivity contribution in [1.82, 2.24) is 10.3 Å². The maximum Gasteiger partial charge on any atom is 0.269 e. The van der Waals surface area contributed by atoms with Gasteiger partial charge < -0.3 is 19.5 Å². The first-order chi connectivity index (χ1) is 19.8. The minimum absolute atomic E-state index is 0.0288. The van der Waals surface area contributed by atoms with Crippen molar-refractivity contribution >= 4 is 46.0 Å². The minimum Gasteiger partial charge on any atom is -0.459 e. The van der Waals surface area contributed by atoms with E-state index in [1.165, 1.54) is 18.6 Å². The molecule has 2 aliphatic heterocycles. The summed E-state index contributed by atoms with van der Waals surface area (Å²) in [6, 6.07) is 21.4. The Kier molecular flexibility index (Phi) is 7.40. The number of hydrogen-bond donors (Lipinski definition) is 1. The Morgan fingerprint density at radius 3 is 2.46 bits per heavy atom. The van der Waals surface area contributed by atoms with E-state index in [9.17, 15) is 10.1 Å². The fourth-order valence-electron chi connectivity index (χ4n) is 6.10. The van der Waals surface area contributed by atoms with Gasteiger partial charge in [0.2, 0.25) is 0 Å². The highest BCUT2D eigenvalue weighted by molar-refractivity contribution is 7.80. The lowest BCUT2D eigenvalue weighted by atomic mass is 9.91. The average molecular weight is 588 g/mol. The number of rotatable bonds is 6. The van der Waals surface area contributed by atoms with Crippen molar-refractivity contribution in [2.24, 2.45) is 11.8 Å². The van der Waals surface area contributed by atoms with Gasteiger partial charge in [-0.2, -0.15) is 0 Å². The van der Waals surface area contributed by atoms with Crippen LogP contribution in [0.25, 0.3) is 11.3 Å². The smallest absolute Gasteiger partial charge is 0.269 e. The van der Waals surface area contributed by atoms with Crippen LogP contribution in [0.5, 0.6) is 0 Å². The van der Waals surface area contributed by atoms with Crippen LogP contribution in [0.2, 0.25) is 5.02 Å². The van der Waals surface area contributed by atoms with Gasteiger partial charge in [0.1, 0.15) is 17.6 Å². The molecule has 2 aromatic heterocycles. The predicted octanol–water partition coefficient (Wildman–Crippen LogP) is 7.56. The van der Waals surface area contributed by atoms with Crippen molar-refractivity contribution in [2.45, 2.75) is 32.4 Å². The normalized spacial score (nSPS) is 22.6. The van der Waals surface area contributed by atoms with Gasteiger partial charge in [0.15, 0.2) is 5.11 Å². The number of hydrogen-bond acceptors (Lipinski definition) is 6. The standard InChI is InChI=1S/C31H30ClN5O3S/c1-19-15-20(2)18-35(17-19)26-11-10-23(16-24(26)32)36-30(29(34-31(36)41)25-5-3-4-14-33-25)28-13-12-27(40-28)21-6-8-22(9-7-21)37(38)39/h3-14,16,19-20,29-30H,15,17-18H2,1-2H3,(H,34,41). The molecule has 2 aromatic carbocycles. The zero-order chi connectivity index (χ0) is 28.7. The molecule has 210 valence electrons. The summed E-state index contributed by atoms with van der Waals surface area (Å²) in [5.41, 5.74) is 3.48. The van der Waals surface area contributed by atoms with E-state index < -0.39 is 4.92 Å². The fourth-order valence-corrected chi connectivity index (χ4v) is 6.74. The molecule has 2 aliphatic rings. The predicted molar refractivity (Wildman–Crippen MR) is 165 cm³/mol. The Morgan fingerprint density at radius 2 is 1.80 bits per heavy atom. The lowest BCUT2D eigenvalue weighted by molar-refractivity contribution is -0.384. The zero-order valence-corrected chi connectivity index (χ0v) is 24.3. The number of non-ortho nitro benzene ring substituents is 1. The second kappa shape index (κ2) is 11.1. The van der Waals surface area contributed by atoms with E-state index in [4.69, 9.17) is 28.2 Å². The van der Waals surface area contributed by atoms with Crippen molar-refractivity contribution in [2.75, 3.05) is 22.9 Å². The molecule has 4 atom stereocenters. The average Bonchev–Trinajstić information content (AvgIpc) is 3.57. The number of anilines is 2. The Balaban J connectivity index is 1.37. The Bertz CT molecular complexity index is 1570. The van der Waals surface area contributed by atoms with E-state index >= 15 is 0 Å². The van der Waals surface area contributed by atoms with Crippen LogP contribution in [-0.4, -0.2) is 28.1 Å². The Morgan fingerprint density at radius 1 is 1.05 bits per heavy atom. The zero-order valence-electron chi connectivity index (χ0n) is 22.7. The van der Waals surface area contributed by atoms with Gasteiger partial charge >= 0.3 is 0 Å². The van der Waals surface area contributed by atoms with Crippen LogP contribution < -0.4 is 15.1 Å². The lowest BCUT2D eigenvalue weighted by Crippen LogP contribution is -2.38. The number of nitrogens with one attached hydrogen (secondary N) is 1. The molecule has 0 saturated carbocycles. The highest BCUT2D eigenvalue weighted by Gasteiger charge is 2.43. The molecule has 8 nitrogen and oxygen atoms in total. The number of halogens is 1. The van der Waals surface area contributed by atoms with Gasteiger partial charge in [-0.25, -0.2) is 0 Å². The number of aromatic nitrogens is 1. The third-order valence-corrected chi connectivity index (χ3v) is 8.42. The summed E-state index contributed by atoms with van der Waals surface area (Å²) in [4.78, 5) is 19.7. The molecule has 0 aliphatic carbocycles. The van der Waals surface area contributed by atoms with E-state index in [-0.39, 0.29) is 17.8 Å². The van der Waals surface area contributed by atoms with Gasteiger partial charge in [0.25, 0.3) is 5.69 Å². The largest absolute Gasteiger partial charge is 0.459 e. The first kappa shape index (κ1) is 27.2. The number of nitro groups is 1. The molecule has 0 amide bonds.